The van der Waals surface area contributed by atoms with E-state index < -0.39 is 12.4 Å². The van der Waals surface area contributed by atoms with Gasteiger partial charge in [-0.25, -0.2) is 13.8 Å². The van der Waals surface area contributed by atoms with Crippen LogP contribution < -0.4 is 5.73 Å². The van der Waals surface area contributed by atoms with Gasteiger partial charge in [-0.2, -0.15) is 4.39 Å². The predicted octanol–water partition coefficient (Wildman–Crippen LogP) is 1.93. The monoisotopic (exact) mass is 190 g/mol. The van der Waals surface area contributed by atoms with Crippen molar-refractivity contribution >= 4 is 0 Å². The van der Waals surface area contributed by atoms with Crippen LogP contribution in [0.2, 0.25) is 0 Å². The number of nitrogens with two attached hydrogens (primary N) is 1. The Hall–Kier alpha value is -1.10. The topological polar surface area (TPSA) is 38.9 Å². The number of rotatable bonds is 2. The third-order valence-corrected chi connectivity index (χ3v) is 1.74. The molecular weight excluding hydrogens is 181 g/mol. The Morgan fingerprint density at radius 2 is 2.15 bits per heavy atom. The van der Waals surface area contributed by atoms with E-state index in [1.165, 1.54) is 6.92 Å². The SMILES string of the molecule is Cc1nc(F)cc(CN)c1C(F)F. The molecule has 1 heterocycles. The summed E-state index contributed by atoms with van der Waals surface area (Å²) in [6, 6.07) is 0.939. The summed E-state index contributed by atoms with van der Waals surface area (Å²) in [5.41, 5.74) is 5.05. The van der Waals surface area contributed by atoms with E-state index in [2.05, 4.69) is 4.98 Å². The van der Waals surface area contributed by atoms with Crippen molar-refractivity contribution in [3.8, 4) is 0 Å². The van der Waals surface area contributed by atoms with Crippen LogP contribution in [0.25, 0.3) is 0 Å². The molecule has 1 rings (SSSR count). The number of halogens is 3. The molecule has 0 aliphatic heterocycles. The van der Waals surface area contributed by atoms with Gasteiger partial charge in [-0.15, -0.1) is 0 Å². The molecule has 0 atom stereocenters. The lowest BCUT2D eigenvalue weighted by Gasteiger charge is -2.09. The molecule has 0 unspecified atom stereocenters. The summed E-state index contributed by atoms with van der Waals surface area (Å²) in [6.07, 6.45) is -2.66. The Labute approximate surface area is 73.6 Å². The van der Waals surface area contributed by atoms with Crippen LogP contribution in [0.15, 0.2) is 6.07 Å². The molecule has 13 heavy (non-hydrogen) atoms. The van der Waals surface area contributed by atoms with Gasteiger partial charge in [0, 0.05) is 17.8 Å². The molecule has 1 aromatic heterocycles. The Morgan fingerprint density at radius 3 is 2.62 bits per heavy atom. The number of hydrogen-bond acceptors (Lipinski definition) is 2. The number of aromatic nitrogens is 1. The van der Waals surface area contributed by atoms with Crippen molar-refractivity contribution in [3.63, 3.8) is 0 Å². The second kappa shape index (κ2) is 3.74. The van der Waals surface area contributed by atoms with E-state index >= 15 is 0 Å². The summed E-state index contributed by atoms with van der Waals surface area (Å²) in [5, 5.41) is 0. The van der Waals surface area contributed by atoms with E-state index in [0.29, 0.717) is 0 Å². The van der Waals surface area contributed by atoms with Gasteiger partial charge in [0.15, 0.2) is 0 Å². The molecule has 72 valence electrons. The van der Waals surface area contributed by atoms with Gasteiger partial charge in [0.25, 0.3) is 6.43 Å². The maximum absolute atomic E-state index is 12.6. The summed E-state index contributed by atoms with van der Waals surface area (Å²) in [4.78, 5) is 3.30. The molecule has 0 saturated heterocycles. The fourth-order valence-corrected chi connectivity index (χ4v) is 1.17. The first-order valence-electron chi connectivity index (χ1n) is 3.70. The van der Waals surface area contributed by atoms with Gasteiger partial charge < -0.3 is 5.73 Å². The molecule has 0 spiro atoms. The highest BCUT2D eigenvalue weighted by Crippen LogP contribution is 2.25. The first kappa shape index (κ1) is 9.98. The van der Waals surface area contributed by atoms with Crippen LogP contribution in [-0.4, -0.2) is 4.98 Å². The van der Waals surface area contributed by atoms with Gasteiger partial charge in [-0.05, 0) is 18.6 Å². The highest BCUT2D eigenvalue weighted by molar-refractivity contribution is 5.30. The highest BCUT2D eigenvalue weighted by Gasteiger charge is 2.17. The summed E-state index contributed by atoms with van der Waals surface area (Å²) < 4.78 is 37.4. The molecule has 0 bridgehead atoms. The number of nitrogens with zero attached hydrogens (tertiary/aromatic N) is 1. The van der Waals surface area contributed by atoms with Crippen LogP contribution in [0.1, 0.15) is 23.2 Å². The number of pyridine rings is 1. The van der Waals surface area contributed by atoms with E-state index in [-0.39, 0.29) is 23.4 Å². The molecule has 0 amide bonds. The zero-order valence-corrected chi connectivity index (χ0v) is 7.02. The Bertz CT molecular complexity index is 313. The van der Waals surface area contributed by atoms with Gasteiger partial charge in [-0.3, -0.25) is 0 Å². The van der Waals surface area contributed by atoms with Crippen LogP contribution in [0.5, 0.6) is 0 Å². The first-order valence-corrected chi connectivity index (χ1v) is 3.70. The molecule has 0 aliphatic rings. The van der Waals surface area contributed by atoms with Crippen molar-refractivity contribution in [1.82, 2.24) is 4.98 Å². The van der Waals surface area contributed by atoms with Crippen molar-refractivity contribution in [3.05, 3.63) is 28.8 Å². The standard InChI is InChI=1S/C8H9F3N2/c1-4-7(8(10)11)5(3-12)2-6(9)13-4/h2,8H,3,12H2,1H3. The van der Waals surface area contributed by atoms with E-state index in [0.717, 1.165) is 6.07 Å². The average Bonchev–Trinajstić information content (AvgIpc) is 2.01. The third-order valence-electron chi connectivity index (χ3n) is 1.74. The Balaban J connectivity index is 3.30. The summed E-state index contributed by atoms with van der Waals surface area (Å²) in [5.74, 6) is -0.776. The van der Waals surface area contributed by atoms with Gasteiger partial charge in [0.2, 0.25) is 5.95 Å². The Kier molecular flexibility index (Phi) is 2.87. The molecule has 2 N–H and O–H groups in total. The quantitative estimate of drug-likeness (QED) is 0.723. The number of alkyl halides is 2. The predicted molar refractivity (Wildman–Crippen MR) is 41.8 cm³/mol. The molecule has 2 nitrogen and oxygen atoms in total. The maximum atomic E-state index is 12.6. The summed E-state index contributed by atoms with van der Waals surface area (Å²) in [6.45, 7) is 1.23. The molecule has 0 saturated carbocycles. The van der Waals surface area contributed by atoms with E-state index in [1.807, 2.05) is 0 Å². The number of hydrogen-bond donors (Lipinski definition) is 1. The van der Waals surface area contributed by atoms with Gasteiger partial charge in [0.1, 0.15) is 0 Å². The van der Waals surface area contributed by atoms with Crippen LogP contribution >= 0.6 is 0 Å². The lowest BCUT2D eigenvalue weighted by Crippen LogP contribution is -2.07. The fourth-order valence-electron chi connectivity index (χ4n) is 1.17. The van der Waals surface area contributed by atoms with Crippen LogP contribution in [0.3, 0.4) is 0 Å². The normalized spacial score (nSPS) is 10.9. The van der Waals surface area contributed by atoms with E-state index in [1.54, 1.807) is 0 Å². The van der Waals surface area contributed by atoms with Gasteiger partial charge >= 0.3 is 0 Å². The maximum Gasteiger partial charge on any atom is 0.265 e. The van der Waals surface area contributed by atoms with Gasteiger partial charge in [-0.1, -0.05) is 0 Å². The van der Waals surface area contributed by atoms with Crippen molar-refractivity contribution in [2.24, 2.45) is 5.73 Å². The minimum absolute atomic E-state index is 0.00421. The van der Waals surface area contributed by atoms with Crippen LogP contribution in [0, 0.1) is 12.9 Å². The molecule has 0 radical (unpaired) electrons. The second-order valence-corrected chi connectivity index (χ2v) is 2.61. The van der Waals surface area contributed by atoms with Crippen molar-refractivity contribution in [1.29, 1.82) is 0 Å². The lowest BCUT2D eigenvalue weighted by molar-refractivity contribution is 0.148. The first-order chi connectivity index (χ1) is 6.06. The smallest absolute Gasteiger partial charge is 0.265 e. The molecule has 0 aliphatic carbocycles. The van der Waals surface area contributed by atoms with Crippen LogP contribution in [0.4, 0.5) is 13.2 Å². The zero-order chi connectivity index (χ0) is 10.0. The van der Waals surface area contributed by atoms with Crippen molar-refractivity contribution in [2.75, 3.05) is 0 Å². The van der Waals surface area contributed by atoms with Gasteiger partial charge in [0.05, 0.1) is 0 Å². The minimum Gasteiger partial charge on any atom is -0.326 e. The molecule has 0 fully saturated rings. The van der Waals surface area contributed by atoms with Crippen LogP contribution in [-0.2, 0) is 6.54 Å². The average molecular weight is 190 g/mol. The third kappa shape index (κ3) is 1.98. The summed E-state index contributed by atoms with van der Waals surface area (Å²) in [7, 11) is 0. The fraction of sp³-hybridized carbons (Fsp3) is 0.375. The molecule has 0 aromatic carbocycles. The highest BCUT2D eigenvalue weighted by atomic mass is 19.3. The van der Waals surface area contributed by atoms with Crippen molar-refractivity contribution < 1.29 is 13.2 Å². The molecule has 1 aromatic rings. The molecular formula is C8H9F3N2. The second-order valence-electron chi connectivity index (χ2n) is 2.61. The van der Waals surface area contributed by atoms with E-state index in [9.17, 15) is 13.2 Å². The summed E-state index contributed by atoms with van der Waals surface area (Å²) >= 11 is 0. The van der Waals surface area contributed by atoms with Crippen molar-refractivity contribution in [2.45, 2.75) is 19.9 Å². The zero-order valence-electron chi connectivity index (χ0n) is 7.02. The minimum atomic E-state index is -2.66. The largest absolute Gasteiger partial charge is 0.326 e. The molecule has 5 heteroatoms. The lowest BCUT2D eigenvalue weighted by atomic mass is 10.1. The Morgan fingerprint density at radius 1 is 1.54 bits per heavy atom. The number of aryl methyl sites for hydroxylation is 1. The van der Waals surface area contributed by atoms with E-state index in [4.69, 9.17) is 5.73 Å².